The molecular formula is C15H20O3. The van der Waals surface area contributed by atoms with Gasteiger partial charge in [0.2, 0.25) is 0 Å². The zero-order chi connectivity index (χ0) is 12.4. The first-order valence-corrected chi connectivity index (χ1v) is 6.89. The molecule has 1 unspecified atom stereocenters. The maximum Gasteiger partial charge on any atom is 0.123 e. The van der Waals surface area contributed by atoms with Crippen molar-refractivity contribution in [1.82, 2.24) is 0 Å². The summed E-state index contributed by atoms with van der Waals surface area (Å²) in [4.78, 5) is 0. The van der Waals surface area contributed by atoms with E-state index in [2.05, 4.69) is 0 Å². The average Bonchev–Trinajstić information content (AvgIpc) is 2.41. The molecule has 3 nitrogen and oxygen atoms in total. The lowest BCUT2D eigenvalue weighted by atomic mass is 9.89. The van der Waals surface area contributed by atoms with Crippen molar-refractivity contribution in [3.05, 3.63) is 29.3 Å². The summed E-state index contributed by atoms with van der Waals surface area (Å²) in [6.07, 6.45) is 4.82. The Kier molecular flexibility index (Phi) is 3.52. The van der Waals surface area contributed by atoms with Gasteiger partial charge in [-0.05, 0) is 36.5 Å². The van der Waals surface area contributed by atoms with Crippen LogP contribution in [0.1, 0.15) is 42.9 Å². The van der Waals surface area contributed by atoms with Crippen LogP contribution in [0.25, 0.3) is 0 Å². The number of ether oxygens (including phenoxy) is 2. The number of rotatable bonds is 2. The highest BCUT2D eigenvalue weighted by Gasteiger charge is 2.23. The van der Waals surface area contributed by atoms with Gasteiger partial charge in [-0.15, -0.1) is 0 Å². The number of fused-ring (bicyclic) bond motifs is 1. The summed E-state index contributed by atoms with van der Waals surface area (Å²) in [6, 6.07) is 6.05. The molecular weight excluding hydrogens is 228 g/mol. The standard InChI is InChI=1S/C15H20O3/c16-14-5-1-4-13-12(14)3-2-6-15(13)18-11-7-9-17-10-8-11/h2-3,6,11,14,16H,1,4-5,7-10H2. The molecule has 2 aliphatic rings. The highest BCUT2D eigenvalue weighted by atomic mass is 16.5. The molecule has 1 aliphatic carbocycles. The maximum absolute atomic E-state index is 10.0. The number of hydrogen-bond acceptors (Lipinski definition) is 3. The van der Waals surface area contributed by atoms with Gasteiger partial charge in [-0.3, -0.25) is 0 Å². The first-order chi connectivity index (χ1) is 8.84. The lowest BCUT2D eigenvalue weighted by Crippen LogP contribution is -2.26. The normalized spacial score (nSPS) is 24.6. The maximum atomic E-state index is 10.0. The van der Waals surface area contributed by atoms with Gasteiger partial charge in [0.1, 0.15) is 11.9 Å². The molecule has 0 spiro atoms. The molecule has 1 N–H and O–H groups in total. The van der Waals surface area contributed by atoms with E-state index in [0.29, 0.717) is 0 Å². The van der Waals surface area contributed by atoms with Crippen molar-refractivity contribution in [2.45, 2.75) is 44.3 Å². The van der Waals surface area contributed by atoms with Gasteiger partial charge in [0.25, 0.3) is 0 Å². The van der Waals surface area contributed by atoms with Crippen LogP contribution >= 0.6 is 0 Å². The van der Waals surface area contributed by atoms with Gasteiger partial charge in [-0.1, -0.05) is 12.1 Å². The van der Waals surface area contributed by atoms with Crippen molar-refractivity contribution in [3.63, 3.8) is 0 Å². The number of aliphatic hydroxyl groups excluding tert-OH is 1. The van der Waals surface area contributed by atoms with Crippen LogP contribution in [0.3, 0.4) is 0 Å². The van der Waals surface area contributed by atoms with Gasteiger partial charge < -0.3 is 14.6 Å². The fourth-order valence-electron chi connectivity index (χ4n) is 2.87. The van der Waals surface area contributed by atoms with Gasteiger partial charge >= 0.3 is 0 Å². The Morgan fingerprint density at radius 1 is 1.17 bits per heavy atom. The number of aliphatic hydroxyl groups is 1. The molecule has 1 atom stereocenters. The minimum atomic E-state index is -0.313. The molecule has 0 amide bonds. The summed E-state index contributed by atoms with van der Waals surface area (Å²) in [7, 11) is 0. The van der Waals surface area contributed by atoms with E-state index in [1.165, 1.54) is 5.56 Å². The molecule has 1 heterocycles. The zero-order valence-corrected chi connectivity index (χ0v) is 10.6. The topological polar surface area (TPSA) is 38.7 Å². The first-order valence-electron chi connectivity index (χ1n) is 6.89. The van der Waals surface area contributed by atoms with Crippen molar-refractivity contribution in [1.29, 1.82) is 0 Å². The van der Waals surface area contributed by atoms with E-state index in [0.717, 1.165) is 56.6 Å². The van der Waals surface area contributed by atoms with Crippen LogP contribution < -0.4 is 4.74 Å². The average molecular weight is 248 g/mol. The molecule has 1 aliphatic heterocycles. The van der Waals surface area contributed by atoms with Crippen LogP contribution in [0.4, 0.5) is 0 Å². The molecule has 0 saturated carbocycles. The molecule has 98 valence electrons. The highest BCUT2D eigenvalue weighted by Crippen LogP contribution is 2.36. The van der Waals surface area contributed by atoms with E-state index in [1.54, 1.807) is 0 Å². The SMILES string of the molecule is OC1CCCc2c(OC3CCOCC3)cccc21. The molecule has 1 aromatic carbocycles. The Hall–Kier alpha value is -1.06. The molecule has 3 rings (SSSR count). The smallest absolute Gasteiger partial charge is 0.123 e. The highest BCUT2D eigenvalue weighted by molar-refractivity contribution is 5.43. The van der Waals surface area contributed by atoms with Crippen LogP contribution in [0.5, 0.6) is 5.75 Å². The number of hydrogen-bond donors (Lipinski definition) is 1. The summed E-state index contributed by atoms with van der Waals surface area (Å²) in [5.41, 5.74) is 2.27. The lowest BCUT2D eigenvalue weighted by Gasteiger charge is -2.28. The molecule has 1 fully saturated rings. The van der Waals surface area contributed by atoms with E-state index in [1.807, 2.05) is 18.2 Å². The van der Waals surface area contributed by atoms with E-state index in [9.17, 15) is 5.11 Å². The summed E-state index contributed by atoms with van der Waals surface area (Å²) < 4.78 is 11.5. The van der Waals surface area contributed by atoms with Crippen molar-refractivity contribution in [2.75, 3.05) is 13.2 Å². The largest absolute Gasteiger partial charge is 0.490 e. The Morgan fingerprint density at radius 2 is 2.00 bits per heavy atom. The van der Waals surface area contributed by atoms with E-state index in [-0.39, 0.29) is 12.2 Å². The van der Waals surface area contributed by atoms with Crippen molar-refractivity contribution in [3.8, 4) is 5.75 Å². The van der Waals surface area contributed by atoms with Gasteiger partial charge in [0.15, 0.2) is 0 Å². The predicted octanol–water partition coefficient (Wildman–Crippen LogP) is 2.61. The number of benzene rings is 1. The van der Waals surface area contributed by atoms with Crippen LogP contribution in [0, 0.1) is 0 Å². The molecule has 0 aromatic heterocycles. The van der Waals surface area contributed by atoms with Crippen LogP contribution in [-0.4, -0.2) is 24.4 Å². The summed E-state index contributed by atoms with van der Waals surface area (Å²) in [5, 5.41) is 10.0. The van der Waals surface area contributed by atoms with E-state index < -0.39 is 0 Å². The fraction of sp³-hybridized carbons (Fsp3) is 0.600. The van der Waals surface area contributed by atoms with Crippen LogP contribution in [0.15, 0.2) is 18.2 Å². The third-order valence-electron chi connectivity index (χ3n) is 3.89. The van der Waals surface area contributed by atoms with Gasteiger partial charge in [0.05, 0.1) is 19.3 Å². The Labute approximate surface area is 108 Å². The molecule has 3 heteroatoms. The van der Waals surface area contributed by atoms with E-state index >= 15 is 0 Å². The Bertz CT molecular complexity index is 410. The van der Waals surface area contributed by atoms with Gasteiger partial charge in [0, 0.05) is 12.8 Å². The van der Waals surface area contributed by atoms with Gasteiger partial charge in [-0.25, -0.2) is 0 Å². The minimum absolute atomic E-state index is 0.268. The fourth-order valence-corrected chi connectivity index (χ4v) is 2.87. The van der Waals surface area contributed by atoms with Crippen molar-refractivity contribution in [2.24, 2.45) is 0 Å². The Morgan fingerprint density at radius 3 is 2.83 bits per heavy atom. The molecule has 1 aromatic rings. The molecule has 0 bridgehead atoms. The van der Waals surface area contributed by atoms with Crippen LogP contribution in [0.2, 0.25) is 0 Å². The zero-order valence-electron chi connectivity index (χ0n) is 10.6. The second-order valence-electron chi connectivity index (χ2n) is 5.16. The third kappa shape index (κ3) is 2.38. The molecule has 18 heavy (non-hydrogen) atoms. The minimum Gasteiger partial charge on any atom is -0.490 e. The lowest BCUT2D eigenvalue weighted by molar-refractivity contribution is 0.0248. The quantitative estimate of drug-likeness (QED) is 0.874. The van der Waals surface area contributed by atoms with Crippen molar-refractivity contribution >= 4 is 0 Å². The first kappa shape index (κ1) is 12.0. The van der Waals surface area contributed by atoms with Crippen LogP contribution in [-0.2, 0) is 11.2 Å². The summed E-state index contributed by atoms with van der Waals surface area (Å²) >= 11 is 0. The summed E-state index contributed by atoms with van der Waals surface area (Å²) in [5.74, 6) is 0.971. The molecule has 1 saturated heterocycles. The second-order valence-corrected chi connectivity index (χ2v) is 5.16. The monoisotopic (exact) mass is 248 g/mol. The van der Waals surface area contributed by atoms with E-state index in [4.69, 9.17) is 9.47 Å². The van der Waals surface area contributed by atoms with Gasteiger partial charge in [-0.2, -0.15) is 0 Å². The summed E-state index contributed by atoms with van der Waals surface area (Å²) in [6.45, 7) is 1.59. The predicted molar refractivity (Wildman–Crippen MR) is 68.8 cm³/mol. The molecule has 0 radical (unpaired) electrons. The Balaban J connectivity index is 1.81. The third-order valence-corrected chi connectivity index (χ3v) is 3.89. The van der Waals surface area contributed by atoms with Crippen molar-refractivity contribution < 1.29 is 14.6 Å². The second kappa shape index (κ2) is 5.29.